The van der Waals surface area contributed by atoms with Crippen molar-refractivity contribution in [2.24, 2.45) is 0 Å². The van der Waals surface area contributed by atoms with E-state index in [9.17, 15) is 0 Å². The van der Waals surface area contributed by atoms with Gasteiger partial charge in [0.2, 0.25) is 0 Å². The molecule has 104 valence electrons. The van der Waals surface area contributed by atoms with Crippen LogP contribution in [0.5, 0.6) is 0 Å². The molecule has 0 fully saturated rings. The van der Waals surface area contributed by atoms with Gasteiger partial charge in [0, 0.05) is 24.5 Å². The quantitative estimate of drug-likeness (QED) is 0.574. The Balaban J connectivity index is 0.000000494. The summed E-state index contributed by atoms with van der Waals surface area (Å²) in [5, 5.41) is 0. The van der Waals surface area contributed by atoms with Crippen molar-refractivity contribution in [2.75, 3.05) is 23.7 Å². The summed E-state index contributed by atoms with van der Waals surface area (Å²) in [4.78, 5) is 2.31. The molecule has 0 aliphatic rings. The molecule has 0 amide bonds. The fourth-order valence-electron chi connectivity index (χ4n) is 1.45. The lowest BCUT2D eigenvalue weighted by Gasteiger charge is -2.21. The second kappa shape index (κ2) is 7.20. The third-order valence-corrected chi connectivity index (χ3v) is 2.38. The molecule has 0 radical (unpaired) electrons. The van der Waals surface area contributed by atoms with E-state index < -0.39 is 10.4 Å². The van der Waals surface area contributed by atoms with Crippen molar-refractivity contribution in [1.82, 2.24) is 0 Å². The van der Waals surface area contributed by atoms with Crippen molar-refractivity contribution >= 4 is 21.8 Å². The van der Waals surface area contributed by atoms with E-state index in [1.807, 2.05) is 13.0 Å². The van der Waals surface area contributed by atoms with Gasteiger partial charge in [-0.15, -0.1) is 0 Å². The average Bonchev–Trinajstić information content (AvgIpc) is 2.22. The molecule has 0 spiro atoms. The lowest BCUT2D eigenvalue weighted by Crippen LogP contribution is -2.21. The Hall–Kier alpha value is -1.31. The molecule has 1 rings (SSSR count). The number of nitrogens with two attached hydrogens (primary N) is 1. The van der Waals surface area contributed by atoms with Gasteiger partial charge in [0.05, 0.1) is 0 Å². The first-order valence-corrected chi connectivity index (χ1v) is 6.89. The molecule has 0 saturated heterocycles. The van der Waals surface area contributed by atoms with Gasteiger partial charge in [0.15, 0.2) is 0 Å². The topological polar surface area (TPSA) is 104 Å². The lowest BCUT2D eigenvalue weighted by atomic mass is 10.1. The normalized spacial score (nSPS) is 10.5. The first-order valence-electron chi connectivity index (χ1n) is 5.50. The second-order valence-corrected chi connectivity index (χ2v) is 4.56. The number of benzene rings is 1. The maximum absolute atomic E-state index is 8.74. The van der Waals surface area contributed by atoms with Gasteiger partial charge in [-0.2, -0.15) is 8.42 Å². The van der Waals surface area contributed by atoms with Crippen LogP contribution in [0, 0.1) is 6.92 Å². The number of anilines is 2. The van der Waals surface area contributed by atoms with E-state index in [2.05, 4.69) is 30.9 Å². The number of hydrogen-bond donors (Lipinski definition) is 3. The molecule has 0 aromatic heterocycles. The Morgan fingerprint density at radius 2 is 1.67 bits per heavy atom. The first-order chi connectivity index (χ1) is 8.19. The molecule has 1 aromatic rings. The summed E-state index contributed by atoms with van der Waals surface area (Å²) in [5.41, 5.74) is 9.04. The Morgan fingerprint density at radius 1 is 1.22 bits per heavy atom. The van der Waals surface area contributed by atoms with Gasteiger partial charge in [0.1, 0.15) is 0 Å². The summed E-state index contributed by atoms with van der Waals surface area (Å²) < 4.78 is 31.6. The van der Waals surface area contributed by atoms with Gasteiger partial charge in [-0.25, -0.2) is 0 Å². The second-order valence-electron chi connectivity index (χ2n) is 3.66. The van der Waals surface area contributed by atoms with E-state index in [4.69, 9.17) is 23.3 Å². The first kappa shape index (κ1) is 16.7. The molecule has 0 unspecified atom stereocenters. The summed E-state index contributed by atoms with van der Waals surface area (Å²) >= 11 is 0. The highest BCUT2D eigenvalue weighted by Gasteiger charge is 2.02. The Morgan fingerprint density at radius 3 is 2.00 bits per heavy atom. The molecule has 0 bridgehead atoms. The summed E-state index contributed by atoms with van der Waals surface area (Å²) in [7, 11) is -4.67. The molecule has 0 aliphatic heterocycles. The van der Waals surface area contributed by atoms with Crippen LogP contribution in [0.4, 0.5) is 11.4 Å². The molecule has 7 heteroatoms. The van der Waals surface area contributed by atoms with Gasteiger partial charge >= 0.3 is 10.4 Å². The maximum atomic E-state index is 8.74. The van der Waals surface area contributed by atoms with E-state index in [-0.39, 0.29) is 0 Å². The van der Waals surface area contributed by atoms with Crippen LogP contribution in [0.3, 0.4) is 0 Å². The fourth-order valence-corrected chi connectivity index (χ4v) is 1.45. The summed E-state index contributed by atoms with van der Waals surface area (Å²) in [6, 6.07) is 6.20. The van der Waals surface area contributed by atoms with Crippen LogP contribution >= 0.6 is 0 Å². The molecule has 0 atom stereocenters. The third kappa shape index (κ3) is 7.10. The summed E-state index contributed by atoms with van der Waals surface area (Å²) in [6.07, 6.45) is 0. The zero-order valence-electron chi connectivity index (χ0n) is 10.8. The van der Waals surface area contributed by atoms with Crippen molar-refractivity contribution < 1.29 is 17.5 Å². The smallest absolute Gasteiger partial charge is 0.394 e. The molecule has 0 heterocycles. The monoisotopic (exact) mass is 276 g/mol. The van der Waals surface area contributed by atoms with E-state index in [1.165, 1.54) is 5.69 Å². The van der Waals surface area contributed by atoms with Gasteiger partial charge in [0.25, 0.3) is 0 Å². The Kier molecular flexibility index (Phi) is 6.67. The van der Waals surface area contributed by atoms with E-state index >= 15 is 0 Å². The van der Waals surface area contributed by atoms with Gasteiger partial charge in [-0.1, -0.05) is 0 Å². The van der Waals surface area contributed by atoms with Crippen LogP contribution in [0.1, 0.15) is 19.4 Å². The standard InChI is InChI=1S/C11H18N2.H2O4S/c1-4-13(5-2)10-6-7-11(12)9(3)8-10;1-5(2,3)4/h6-8H,4-5,12H2,1-3H3;(H2,1,2,3,4). The Bertz CT molecular complexity index is 462. The van der Waals surface area contributed by atoms with Crippen LogP contribution in [0.2, 0.25) is 0 Å². The van der Waals surface area contributed by atoms with Gasteiger partial charge in [-0.3, -0.25) is 9.11 Å². The number of rotatable bonds is 3. The predicted molar refractivity (Wildman–Crippen MR) is 73.3 cm³/mol. The van der Waals surface area contributed by atoms with Crippen LogP contribution in [0.25, 0.3) is 0 Å². The van der Waals surface area contributed by atoms with Crippen molar-refractivity contribution in [3.8, 4) is 0 Å². The molecule has 0 aliphatic carbocycles. The third-order valence-electron chi connectivity index (χ3n) is 2.38. The van der Waals surface area contributed by atoms with Crippen LogP contribution < -0.4 is 10.6 Å². The minimum atomic E-state index is -4.67. The lowest BCUT2D eigenvalue weighted by molar-refractivity contribution is 0.381. The van der Waals surface area contributed by atoms with Crippen LogP contribution in [-0.2, 0) is 10.4 Å². The number of aryl methyl sites for hydroxylation is 1. The van der Waals surface area contributed by atoms with E-state index in [0.717, 1.165) is 24.3 Å². The molecule has 1 aromatic carbocycles. The average molecular weight is 276 g/mol. The van der Waals surface area contributed by atoms with Crippen molar-refractivity contribution in [2.45, 2.75) is 20.8 Å². The minimum absolute atomic E-state index is 0.871. The van der Waals surface area contributed by atoms with E-state index in [0.29, 0.717) is 0 Å². The van der Waals surface area contributed by atoms with Crippen molar-refractivity contribution in [3.05, 3.63) is 23.8 Å². The summed E-state index contributed by atoms with van der Waals surface area (Å²) in [6.45, 7) is 8.45. The van der Waals surface area contributed by atoms with Crippen LogP contribution in [0.15, 0.2) is 18.2 Å². The highest BCUT2D eigenvalue weighted by molar-refractivity contribution is 7.79. The van der Waals surface area contributed by atoms with E-state index in [1.54, 1.807) is 0 Å². The zero-order chi connectivity index (χ0) is 14.3. The number of hydrogen-bond acceptors (Lipinski definition) is 4. The van der Waals surface area contributed by atoms with Crippen molar-refractivity contribution in [1.29, 1.82) is 0 Å². The highest BCUT2D eigenvalue weighted by atomic mass is 32.3. The molecule has 0 saturated carbocycles. The molecular formula is C11H20N2O4S. The Labute approximate surface area is 108 Å². The molecule has 6 nitrogen and oxygen atoms in total. The highest BCUT2D eigenvalue weighted by Crippen LogP contribution is 2.19. The molecular weight excluding hydrogens is 256 g/mol. The van der Waals surface area contributed by atoms with Gasteiger partial charge < -0.3 is 10.6 Å². The number of nitrogen functional groups attached to an aromatic ring is 1. The predicted octanol–water partition coefficient (Wildman–Crippen LogP) is 1.77. The number of nitrogens with zero attached hydrogens (tertiary/aromatic N) is 1. The largest absolute Gasteiger partial charge is 0.399 e. The minimum Gasteiger partial charge on any atom is -0.399 e. The fraction of sp³-hybridized carbons (Fsp3) is 0.455. The van der Waals surface area contributed by atoms with Crippen LogP contribution in [-0.4, -0.2) is 30.6 Å². The SMILES string of the molecule is CCN(CC)c1ccc(N)c(C)c1.O=S(=O)(O)O. The molecule has 18 heavy (non-hydrogen) atoms. The van der Waals surface area contributed by atoms with Gasteiger partial charge in [-0.05, 0) is 44.5 Å². The van der Waals surface area contributed by atoms with Crippen molar-refractivity contribution in [3.63, 3.8) is 0 Å². The summed E-state index contributed by atoms with van der Waals surface area (Å²) in [5.74, 6) is 0. The maximum Gasteiger partial charge on any atom is 0.394 e. The zero-order valence-corrected chi connectivity index (χ0v) is 11.6. The molecule has 4 N–H and O–H groups in total.